The predicted molar refractivity (Wildman–Crippen MR) is 96.8 cm³/mol. The van der Waals surface area contributed by atoms with Gasteiger partial charge >= 0.3 is 11.9 Å². The number of carbonyl (C=O) groups excluding carboxylic acids is 2. The van der Waals surface area contributed by atoms with Gasteiger partial charge in [0, 0.05) is 12.8 Å². The molecule has 5 heteroatoms. The lowest BCUT2D eigenvalue weighted by Crippen LogP contribution is -2.18. The lowest BCUT2D eigenvalue weighted by atomic mass is 9.89. The zero-order chi connectivity index (χ0) is 18.3. The quantitative estimate of drug-likeness (QED) is 0.267. The average molecular weight is 350 g/mol. The maximum atomic E-state index is 11.5. The molecule has 5 nitrogen and oxygen atoms in total. The highest BCUT2D eigenvalue weighted by Crippen LogP contribution is 2.22. The second-order valence-corrected chi connectivity index (χ2v) is 6.14. The summed E-state index contributed by atoms with van der Waals surface area (Å²) in [7, 11) is 1.35. The van der Waals surface area contributed by atoms with Gasteiger partial charge in [0.15, 0.2) is 0 Å². The zero-order valence-electron chi connectivity index (χ0n) is 15.1. The van der Waals surface area contributed by atoms with Gasteiger partial charge < -0.3 is 14.6 Å². The van der Waals surface area contributed by atoms with Crippen LogP contribution in [0.2, 0.25) is 0 Å². The van der Waals surface area contributed by atoms with Crippen molar-refractivity contribution in [3.63, 3.8) is 0 Å². The molecule has 1 N–H and O–H groups in total. The Kier molecular flexibility index (Phi) is 11.4. The average Bonchev–Trinajstić information content (AvgIpc) is 2.64. The fraction of sp³-hybridized carbons (Fsp3) is 0.600. The molecule has 1 unspecified atom stereocenters. The number of allylic oxidation sites excluding steroid dienone is 4. The van der Waals surface area contributed by atoms with Gasteiger partial charge in [-0.1, -0.05) is 36.5 Å². The summed E-state index contributed by atoms with van der Waals surface area (Å²) in [6, 6.07) is 0. The Hall–Kier alpha value is -1.88. The van der Waals surface area contributed by atoms with Crippen LogP contribution in [-0.2, 0) is 19.1 Å². The van der Waals surface area contributed by atoms with E-state index < -0.39 is 6.10 Å². The van der Waals surface area contributed by atoms with Crippen LogP contribution in [0.3, 0.4) is 0 Å². The van der Waals surface area contributed by atoms with Gasteiger partial charge in [0.2, 0.25) is 0 Å². The Morgan fingerprint density at radius 1 is 1.20 bits per heavy atom. The third-order valence-electron chi connectivity index (χ3n) is 4.14. The van der Waals surface area contributed by atoms with Crippen LogP contribution in [0.15, 0.2) is 36.5 Å². The molecule has 0 aliphatic heterocycles. The molecule has 1 aliphatic rings. The molecule has 0 fully saturated rings. The third kappa shape index (κ3) is 10.6. The molecule has 1 rings (SSSR count). The van der Waals surface area contributed by atoms with E-state index in [2.05, 4.69) is 16.9 Å². The topological polar surface area (TPSA) is 72.8 Å². The van der Waals surface area contributed by atoms with Gasteiger partial charge in [-0.25, -0.2) is 0 Å². The van der Waals surface area contributed by atoms with Crippen LogP contribution in [0.25, 0.3) is 0 Å². The molecule has 0 bridgehead atoms. The van der Waals surface area contributed by atoms with Gasteiger partial charge in [-0.3, -0.25) is 9.59 Å². The van der Waals surface area contributed by atoms with Crippen molar-refractivity contribution >= 4 is 11.9 Å². The van der Waals surface area contributed by atoms with Crippen LogP contribution in [-0.4, -0.2) is 36.9 Å². The number of esters is 2. The SMILES string of the molecule is COC(=O)CCCCC(=O)OCC/C=C\C=C\[C@@H](O)C1CC=CCC1. The van der Waals surface area contributed by atoms with E-state index in [1.54, 1.807) is 0 Å². The molecular formula is C20H30O5. The minimum atomic E-state index is -0.405. The standard InChI is InChI=1S/C20H30O5/c1-24-19(22)14-8-9-15-20(23)25-16-10-3-2-7-13-18(21)17-11-5-4-6-12-17/h2-5,7,13,17-18,21H,6,8-12,14-16H2,1H3/b3-2-,13-7+/t17?,18-/m1/s1. The molecule has 25 heavy (non-hydrogen) atoms. The first kappa shape index (κ1) is 21.2. The second kappa shape index (κ2) is 13.4. The van der Waals surface area contributed by atoms with Crippen molar-refractivity contribution in [2.75, 3.05) is 13.7 Å². The molecule has 0 heterocycles. The minimum Gasteiger partial charge on any atom is -0.469 e. The van der Waals surface area contributed by atoms with Crippen LogP contribution < -0.4 is 0 Å². The number of hydrogen-bond acceptors (Lipinski definition) is 5. The number of ether oxygens (including phenoxy) is 2. The summed E-state index contributed by atoms with van der Waals surface area (Å²) in [4.78, 5) is 22.4. The van der Waals surface area contributed by atoms with Crippen molar-refractivity contribution in [1.82, 2.24) is 0 Å². The Labute approximate surface area is 150 Å². The Balaban J connectivity index is 2.03. The molecule has 0 aromatic carbocycles. The van der Waals surface area contributed by atoms with Crippen molar-refractivity contribution in [3.8, 4) is 0 Å². The highest BCUT2D eigenvalue weighted by atomic mass is 16.5. The predicted octanol–water partition coefficient (Wildman–Crippen LogP) is 3.48. The molecule has 0 amide bonds. The van der Waals surface area contributed by atoms with Crippen LogP contribution in [0.5, 0.6) is 0 Å². The molecule has 140 valence electrons. The molecule has 0 aromatic heterocycles. The number of aliphatic hydroxyl groups excluding tert-OH is 1. The Bertz CT molecular complexity index is 478. The van der Waals surface area contributed by atoms with Gasteiger partial charge in [-0.15, -0.1) is 0 Å². The van der Waals surface area contributed by atoms with Crippen LogP contribution in [0, 0.1) is 5.92 Å². The van der Waals surface area contributed by atoms with E-state index in [0.717, 1.165) is 19.3 Å². The van der Waals surface area contributed by atoms with Gasteiger partial charge in [-0.2, -0.15) is 0 Å². The fourth-order valence-electron chi connectivity index (χ4n) is 2.59. The monoisotopic (exact) mass is 350 g/mol. The highest BCUT2D eigenvalue weighted by Gasteiger charge is 2.16. The molecule has 0 aromatic rings. The number of hydrogen-bond donors (Lipinski definition) is 1. The summed E-state index contributed by atoms with van der Waals surface area (Å²) < 4.78 is 9.64. The van der Waals surface area contributed by atoms with E-state index in [1.165, 1.54) is 7.11 Å². The first-order chi connectivity index (χ1) is 12.1. The Morgan fingerprint density at radius 3 is 2.64 bits per heavy atom. The summed E-state index contributed by atoms with van der Waals surface area (Å²) in [6.45, 7) is 0.343. The number of carbonyl (C=O) groups is 2. The van der Waals surface area contributed by atoms with Crippen molar-refractivity contribution in [2.24, 2.45) is 5.92 Å². The van der Waals surface area contributed by atoms with E-state index >= 15 is 0 Å². The molecule has 1 aliphatic carbocycles. The van der Waals surface area contributed by atoms with Gasteiger partial charge in [-0.05, 0) is 44.4 Å². The minimum absolute atomic E-state index is 0.241. The number of methoxy groups -OCH3 is 1. The maximum absolute atomic E-state index is 11.5. The normalized spacial score (nSPS) is 18.6. The smallest absolute Gasteiger partial charge is 0.305 e. The number of rotatable bonds is 11. The van der Waals surface area contributed by atoms with Crippen molar-refractivity contribution in [3.05, 3.63) is 36.5 Å². The summed E-state index contributed by atoms with van der Waals surface area (Å²) in [5, 5.41) is 10.0. The van der Waals surface area contributed by atoms with Crippen molar-refractivity contribution in [1.29, 1.82) is 0 Å². The summed E-state index contributed by atoms with van der Waals surface area (Å²) in [5.41, 5.74) is 0. The fourth-order valence-corrected chi connectivity index (χ4v) is 2.59. The second-order valence-electron chi connectivity index (χ2n) is 6.14. The molecule has 0 saturated heterocycles. The summed E-state index contributed by atoms with van der Waals surface area (Å²) in [5.74, 6) is -0.180. The lowest BCUT2D eigenvalue weighted by Gasteiger charge is -2.20. The van der Waals surface area contributed by atoms with Crippen molar-refractivity contribution in [2.45, 2.75) is 57.5 Å². The summed E-state index contributed by atoms with van der Waals surface area (Å²) in [6.07, 6.45) is 16.9. The van der Waals surface area contributed by atoms with Crippen LogP contribution in [0.4, 0.5) is 0 Å². The zero-order valence-corrected chi connectivity index (χ0v) is 15.1. The third-order valence-corrected chi connectivity index (χ3v) is 4.14. The van der Waals surface area contributed by atoms with E-state index in [-0.39, 0.29) is 11.9 Å². The van der Waals surface area contributed by atoms with Gasteiger partial charge in [0.05, 0.1) is 19.8 Å². The summed E-state index contributed by atoms with van der Waals surface area (Å²) >= 11 is 0. The molecule has 0 saturated carbocycles. The largest absolute Gasteiger partial charge is 0.469 e. The maximum Gasteiger partial charge on any atom is 0.305 e. The van der Waals surface area contributed by atoms with Crippen molar-refractivity contribution < 1.29 is 24.2 Å². The van der Waals surface area contributed by atoms with Crippen LogP contribution in [0.1, 0.15) is 51.4 Å². The van der Waals surface area contributed by atoms with E-state index in [9.17, 15) is 14.7 Å². The lowest BCUT2D eigenvalue weighted by molar-refractivity contribution is -0.144. The van der Waals surface area contributed by atoms with Gasteiger partial charge in [0.1, 0.15) is 0 Å². The molecular weight excluding hydrogens is 320 g/mol. The Morgan fingerprint density at radius 2 is 1.96 bits per heavy atom. The first-order valence-electron chi connectivity index (χ1n) is 9.02. The van der Waals surface area contributed by atoms with E-state index in [4.69, 9.17) is 4.74 Å². The first-order valence-corrected chi connectivity index (χ1v) is 9.02. The molecule has 2 atom stereocenters. The van der Waals surface area contributed by atoms with E-state index in [1.807, 2.05) is 24.3 Å². The van der Waals surface area contributed by atoms with E-state index in [0.29, 0.717) is 44.6 Å². The molecule has 0 radical (unpaired) electrons. The molecule has 0 spiro atoms. The number of aliphatic hydroxyl groups is 1. The highest BCUT2D eigenvalue weighted by molar-refractivity contribution is 5.70. The van der Waals surface area contributed by atoms with Crippen LogP contribution >= 0.6 is 0 Å². The number of unbranched alkanes of at least 4 members (excludes halogenated alkanes) is 1. The van der Waals surface area contributed by atoms with Gasteiger partial charge in [0.25, 0.3) is 0 Å².